The summed E-state index contributed by atoms with van der Waals surface area (Å²) in [5.41, 5.74) is 0. The highest BCUT2D eigenvalue weighted by molar-refractivity contribution is 4.70. The van der Waals surface area contributed by atoms with Gasteiger partial charge in [0.05, 0.1) is 6.10 Å². The van der Waals surface area contributed by atoms with E-state index < -0.39 is 12.5 Å². The minimum absolute atomic E-state index is 0.305. The summed E-state index contributed by atoms with van der Waals surface area (Å²) < 4.78 is 38.1. The van der Waals surface area contributed by atoms with Crippen LogP contribution >= 0.6 is 0 Å². The third kappa shape index (κ3) is 5.37. The van der Waals surface area contributed by atoms with Gasteiger partial charge in [-0.05, 0) is 13.0 Å². The van der Waals surface area contributed by atoms with E-state index in [1.54, 1.807) is 0 Å². The Morgan fingerprint density at radius 3 is 2.25 bits per heavy atom. The topological polar surface area (TPSA) is 21.3 Å². The van der Waals surface area contributed by atoms with Gasteiger partial charge < -0.3 is 5.32 Å². The molecule has 1 rings (SSSR count). The summed E-state index contributed by atoms with van der Waals surface area (Å²) >= 11 is 0. The van der Waals surface area contributed by atoms with E-state index in [2.05, 4.69) is 10.1 Å². The van der Waals surface area contributed by atoms with E-state index in [0.29, 0.717) is 19.5 Å². The van der Waals surface area contributed by atoms with Crippen LogP contribution in [0.5, 0.6) is 0 Å². The molecule has 0 amide bonds. The molecule has 0 radical (unpaired) electrons. The van der Waals surface area contributed by atoms with Crippen LogP contribution in [-0.4, -0.2) is 25.6 Å². The predicted molar refractivity (Wildman–Crippen MR) is 39.8 cm³/mol. The third-order valence-electron chi connectivity index (χ3n) is 1.32. The molecule has 1 aliphatic heterocycles. The van der Waals surface area contributed by atoms with Crippen LogP contribution in [-0.2, 0) is 4.74 Å². The molecule has 0 saturated carbocycles. The van der Waals surface area contributed by atoms with E-state index in [0.717, 1.165) is 0 Å². The molecular weight excluding hydrogens is 171 g/mol. The molecule has 1 aliphatic rings. The van der Waals surface area contributed by atoms with Gasteiger partial charge in [-0.15, -0.1) is 13.2 Å². The van der Waals surface area contributed by atoms with Gasteiger partial charge in [0.15, 0.2) is 0 Å². The Morgan fingerprint density at radius 1 is 1.33 bits per heavy atom. The summed E-state index contributed by atoms with van der Waals surface area (Å²) in [6, 6.07) is 0. The van der Waals surface area contributed by atoms with E-state index in [1.807, 2.05) is 13.8 Å². The zero-order chi connectivity index (χ0) is 9.61. The average Bonchev–Trinajstić information content (AvgIpc) is 2.41. The van der Waals surface area contributed by atoms with Crippen molar-refractivity contribution >= 4 is 0 Å². The van der Waals surface area contributed by atoms with Gasteiger partial charge in [-0.1, -0.05) is 13.8 Å². The van der Waals surface area contributed by atoms with E-state index in [-0.39, 0.29) is 0 Å². The Labute approximate surface area is 70.1 Å². The van der Waals surface area contributed by atoms with Crippen molar-refractivity contribution in [3.63, 3.8) is 0 Å². The van der Waals surface area contributed by atoms with E-state index in [9.17, 15) is 13.2 Å². The summed E-state index contributed by atoms with van der Waals surface area (Å²) in [5, 5.41) is 2.77. The first-order valence-corrected chi connectivity index (χ1v) is 4.03. The standard InChI is InChI=1S/C5H8F3NO.C2H6/c6-5(7,8)10-4-1-2-9-3-4;1-2/h4,9H,1-3H2;1-2H3. The van der Waals surface area contributed by atoms with Crippen molar-refractivity contribution in [2.45, 2.75) is 32.7 Å². The van der Waals surface area contributed by atoms with Crippen molar-refractivity contribution in [3.05, 3.63) is 0 Å². The van der Waals surface area contributed by atoms with Crippen LogP contribution in [0, 0.1) is 0 Å². The molecule has 12 heavy (non-hydrogen) atoms. The summed E-state index contributed by atoms with van der Waals surface area (Å²) in [6.07, 6.45) is -4.71. The van der Waals surface area contributed by atoms with Crippen LogP contribution in [0.1, 0.15) is 20.3 Å². The first-order chi connectivity index (χ1) is 5.58. The van der Waals surface area contributed by atoms with Gasteiger partial charge in [0.2, 0.25) is 0 Å². The van der Waals surface area contributed by atoms with Gasteiger partial charge >= 0.3 is 6.36 Å². The van der Waals surface area contributed by atoms with Crippen molar-refractivity contribution in [1.82, 2.24) is 5.32 Å². The van der Waals surface area contributed by atoms with Gasteiger partial charge in [-0.3, -0.25) is 4.74 Å². The highest BCUT2D eigenvalue weighted by Crippen LogP contribution is 2.20. The van der Waals surface area contributed by atoms with Crippen LogP contribution in [0.4, 0.5) is 13.2 Å². The maximum atomic E-state index is 11.5. The largest absolute Gasteiger partial charge is 0.522 e. The van der Waals surface area contributed by atoms with Crippen LogP contribution in [0.25, 0.3) is 0 Å². The fraction of sp³-hybridized carbons (Fsp3) is 1.00. The van der Waals surface area contributed by atoms with Crippen molar-refractivity contribution in [3.8, 4) is 0 Å². The van der Waals surface area contributed by atoms with Gasteiger partial charge in [-0.2, -0.15) is 0 Å². The molecule has 1 unspecified atom stereocenters. The Kier molecular flexibility index (Phi) is 5.24. The molecule has 0 aromatic heterocycles. The summed E-state index contributed by atoms with van der Waals surface area (Å²) in [5.74, 6) is 0. The maximum Gasteiger partial charge on any atom is 0.522 e. The zero-order valence-electron chi connectivity index (χ0n) is 7.24. The fourth-order valence-electron chi connectivity index (χ4n) is 0.918. The molecule has 1 heterocycles. The number of hydrogen-bond donors (Lipinski definition) is 1. The number of halogens is 3. The van der Waals surface area contributed by atoms with Crippen molar-refractivity contribution in [1.29, 1.82) is 0 Å². The van der Waals surface area contributed by atoms with Gasteiger partial charge in [-0.25, -0.2) is 0 Å². The molecular formula is C7H14F3NO. The Bertz CT molecular complexity index is 110. The minimum atomic E-state index is -4.48. The normalized spacial score (nSPS) is 23.2. The van der Waals surface area contributed by atoms with E-state index in [4.69, 9.17) is 0 Å². The molecule has 0 aliphatic carbocycles. The first kappa shape index (κ1) is 11.7. The lowest BCUT2D eigenvalue weighted by Gasteiger charge is -2.11. The summed E-state index contributed by atoms with van der Waals surface area (Å²) in [6.45, 7) is 4.92. The molecule has 0 bridgehead atoms. The average molecular weight is 185 g/mol. The molecule has 1 N–H and O–H groups in total. The van der Waals surface area contributed by atoms with Crippen LogP contribution in [0.2, 0.25) is 0 Å². The maximum absolute atomic E-state index is 11.5. The lowest BCUT2D eigenvalue weighted by Crippen LogP contribution is -2.25. The number of alkyl halides is 3. The second-order valence-electron chi connectivity index (χ2n) is 2.18. The molecule has 1 fully saturated rings. The minimum Gasteiger partial charge on any atom is -0.314 e. The second kappa shape index (κ2) is 5.37. The Balaban J connectivity index is 0.000000561. The molecule has 1 atom stereocenters. The molecule has 2 nitrogen and oxygen atoms in total. The first-order valence-electron chi connectivity index (χ1n) is 4.03. The molecule has 0 aromatic rings. The van der Waals surface area contributed by atoms with Crippen molar-refractivity contribution in [2.24, 2.45) is 0 Å². The monoisotopic (exact) mass is 185 g/mol. The van der Waals surface area contributed by atoms with E-state index in [1.165, 1.54) is 0 Å². The van der Waals surface area contributed by atoms with Crippen LogP contribution in [0.3, 0.4) is 0 Å². The Morgan fingerprint density at radius 2 is 1.92 bits per heavy atom. The summed E-state index contributed by atoms with van der Waals surface area (Å²) in [7, 11) is 0. The highest BCUT2D eigenvalue weighted by atomic mass is 19.4. The van der Waals surface area contributed by atoms with Gasteiger partial charge in [0.1, 0.15) is 0 Å². The van der Waals surface area contributed by atoms with Crippen molar-refractivity contribution < 1.29 is 17.9 Å². The smallest absolute Gasteiger partial charge is 0.314 e. The predicted octanol–water partition coefficient (Wildman–Crippen LogP) is 1.91. The zero-order valence-corrected chi connectivity index (χ0v) is 7.24. The SMILES string of the molecule is CC.FC(F)(F)OC1CCNC1. The third-order valence-corrected chi connectivity index (χ3v) is 1.32. The highest BCUT2D eigenvalue weighted by Gasteiger charge is 2.34. The van der Waals surface area contributed by atoms with Crippen molar-refractivity contribution in [2.75, 3.05) is 13.1 Å². The quantitative estimate of drug-likeness (QED) is 0.673. The molecule has 1 saturated heterocycles. The number of hydrogen-bond acceptors (Lipinski definition) is 2. The number of nitrogens with one attached hydrogen (secondary N) is 1. The fourth-order valence-corrected chi connectivity index (χ4v) is 0.918. The van der Waals surface area contributed by atoms with Crippen LogP contribution < -0.4 is 5.32 Å². The summed E-state index contributed by atoms with van der Waals surface area (Å²) in [4.78, 5) is 0. The Hall–Kier alpha value is -0.290. The number of ether oxygens (including phenoxy) is 1. The van der Waals surface area contributed by atoms with Gasteiger partial charge in [0.25, 0.3) is 0 Å². The van der Waals surface area contributed by atoms with E-state index >= 15 is 0 Å². The van der Waals surface area contributed by atoms with Gasteiger partial charge in [0, 0.05) is 6.54 Å². The molecule has 5 heteroatoms. The number of rotatable bonds is 1. The van der Waals surface area contributed by atoms with Crippen LogP contribution in [0.15, 0.2) is 0 Å². The molecule has 74 valence electrons. The lowest BCUT2D eigenvalue weighted by molar-refractivity contribution is -0.339. The molecule has 0 aromatic carbocycles. The molecule has 0 spiro atoms. The second-order valence-corrected chi connectivity index (χ2v) is 2.18. The lowest BCUT2D eigenvalue weighted by atomic mass is 10.3.